The van der Waals surface area contributed by atoms with Crippen molar-refractivity contribution in [1.29, 1.82) is 0 Å². The van der Waals surface area contributed by atoms with E-state index in [0.717, 1.165) is 11.3 Å². The van der Waals surface area contributed by atoms with Crippen molar-refractivity contribution < 1.29 is 19.0 Å². The Kier molecular flexibility index (Phi) is 5.15. The Morgan fingerprint density at radius 2 is 1.86 bits per heavy atom. The van der Waals surface area contributed by atoms with Crippen molar-refractivity contribution in [2.75, 3.05) is 25.6 Å². The Balaban J connectivity index is 1.45. The Labute approximate surface area is 166 Å². The van der Waals surface area contributed by atoms with Gasteiger partial charge in [0.1, 0.15) is 25.5 Å². The molecule has 0 aliphatic carbocycles. The number of aromatic nitrogens is 2. The van der Waals surface area contributed by atoms with E-state index in [2.05, 4.69) is 10.3 Å². The van der Waals surface area contributed by atoms with Crippen LogP contribution in [-0.4, -0.2) is 35.8 Å². The SMILES string of the molecule is COc1ccc(-c2cc(=O)n(CC(=O)Nc3ccc4c(c3)OCCO4)cn2)cc1. The van der Waals surface area contributed by atoms with E-state index >= 15 is 0 Å². The maximum Gasteiger partial charge on any atom is 0.254 e. The molecule has 1 amide bonds. The van der Waals surface area contributed by atoms with Crippen LogP contribution in [0.2, 0.25) is 0 Å². The topological polar surface area (TPSA) is 91.7 Å². The van der Waals surface area contributed by atoms with Crippen molar-refractivity contribution in [1.82, 2.24) is 9.55 Å². The van der Waals surface area contributed by atoms with E-state index in [0.29, 0.717) is 36.1 Å². The average Bonchev–Trinajstić information content (AvgIpc) is 2.75. The first-order valence-electron chi connectivity index (χ1n) is 9.03. The largest absolute Gasteiger partial charge is 0.497 e. The number of hydrogen-bond acceptors (Lipinski definition) is 6. The molecule has 0 radical (unpaired) electrons. The molecule has 4 rings (SSSR count). The second kappa shape index (κ2) is 8.05. The standard InChI is InChI=1S/C21H19N3O5/c1-27-16-5-2-14(3-6-16)17-11-21(26)24(13-22-17)12-20(25)23-15-4-7-18-19(10-15)29-9-8-28-18/h2-7,10-11,13H,8-9,12H2,1H3,(H,23,25). The van der Waals surface area contributed by atoms with Gasteiger partial charge in [0.2, 0.25) is 5.91 Å². The number of hydrogen-bond donors (Lipinski definition) is 1. The highest BCUT2D eigenvalue weighted by molar-refractivity contribution is 5.91. The molecule has 0 atom stereocenters. The monoisotopic (exact) mass is 393 g/mol. The summed E-state index contributed by atoms with van der Waals surface area (Å²) in [4.78, 5) is 29.0. The summed E-state index contributed by atoms with van der Waals surface area (Å²) in [6.45, 7) is 0.816. The van der Waals surface area contributed by atoms with Gasteiger partial charge in [-0.2, -0.15) is 0 Å². The number of nitrogens with one attached hydrogen (secondary N) is 1. The first kappa shape index (κ1) is 18.5. The number of fused-ring (bicyclic) bond motifs is 1. The average molecular weight is 393 g/mol. The molecule has 1 N–H and O–H groups in total. The number of methoxy groups -OCH3 is 1. The van der Waals surface area contributed by atoms with Gasteiger partial charge in [-0.25, -0.2) is 4.98 Å². The van der Waals surface area contributed by atoms with Crippen LogP contribution in [0.25, 0.3) is 11.3 Å². The molecule has 148 valence electrons. The zero-order valence-corrected chi connectivity index (χ0v) is 15.8. The molecule has 0 spiro atoms. The molecule has 0 fully saturated rings. The van der Waals surface area contributed by atoms with E-state index < -0.39 is 0 Å². The van der Waals surface area contributed by atoms with Crippen molar-refractivity contribution in [3.05, 3.63) is 65.2 Å². The van der Waals surface area contributed by atoms with Crippen molar-refractivity contribution in [2.45, 2.75) is 6.54 Å². The molecule has 1 aliphatic rings. The van der Waals surface area contributed by atoms with Crippen LogP contribution in [0.15, 0.2) is 59.7 Å². The Morgan fingerprint density at radius 1 is 1.10 bits per heavy atom. The quantitative estimate of drug-likeness (QED) is 0.715. The van der Waals surface area contributed by atoms with Crippen LogP contribution in [0.5, 0.6) is 17.2 Å². The van der Waals surface area contributed by atoms with E-state index in [-0.39, 0.29) is 18.0 Å². The Bertz CT molecular complexity index is 1090. The normalized spacial score (nSPS) is 12.3. The minimum absolute atomic E-state index is 0.150. The van der Waals surface area contributed by atoms with Crippen molar-refractivity contribution in [3.8, 4) is 28.5 Å². The summed E-state index contributed by atoms with van der Waals surface area (Å²) in [5, 5.41) is 2.75. The Hall–Kier alpha value is -3.81. The third-order valence-corrected chi connectivity index (χ3v) is 4.41. The summed E-state index contributed by atoms with van der Waals surface area (Å²) in [7, 11) is 1.59. The molecule has 29 heavy (non-hydrogen) atoms. The Morgan fingerprint density at radius 3 is 2.59 bits per heavy atom. The van der Waals surface area contributed by atoms with Crippen molar-refractivity contribution in [3.63, 3.8) is 0 Å². The number of carbonyl (C=O) groups excluding carboxylic acids is 1. The maximum absolute atomic E-state index is 12.4. The minimum Gasteiger partial charge on any atom is -0.497 e. The smallest absolute Gasteiger partial charge is 0.254 e. The fourth-order valence-corrected chi connectivity index (χ4v) is 2.94. The van der Waals surface area contributed by atoms with Crippen LogP contribution in [-0.2, 0) is 11.3 Å². The summed E-state index contributed by atoms with van der Waals surface area (Å²) >= 11 is 0. The van der Waals surface area contributed by atoms with Gasteiger partial charge in [0.15, 0.2) is 11.5 Å². The van der Waals surface area contributed by atoms with E-state index in [1.807, 2.05) is 12.1 Å². The molecular weight excluding hydrogens is 374 g/mol. The number of benzene rings is 2. The van der Waals surface area contributed by atoms with Crippen LogP contribution in [0.1, 0.15) is 0 Å². The number of amides is 1. The molecule has 8 heteroatoms. The van der Waals surface area contributed by atoms with E-state index in [9.17, 15) is 9.59 Å². The lowest BCUT2D eigenvalue weighted by Gasteiger charge is -2.19. The predicted molar refractivity (Wildman–Crippen MR) is 107 cm³/mol. The zero-order valence-electron chi connectivity index (χ0n) is 15.8. The van der Waals surface area contributed by atoms with Crippen molar-refractivity contribution >= 4 is 11.6 Å². The molecule has 0 saturated carbocycles. The van der Waals surface area contributed by atoms with Gasteiger partial charge < -0.3 is 19.5 Å². The minimum atomic E-state index is -0.345. The van der Waals surface area contributed by atoms with Crippen LogP contribution in [0.4, 0.5) is 5.69 Å². The highest BCUT2D eigenvalue weighted by Gasteiger charge is 2.13. The van der Waals surface area contributed by atoms with Gasteiger partial charge in [0, 0.05) is 23.4 Å². The van der Waals surface area contributed by atoms with Gasteiger partial charge >= 0.3 is 0 Å². The van der Waals surface area contributed by atoms with Gasteiger partial charge in [0.05, 0.1) is 19.1 Å². The number of carbonyl (C=O) groups is 1. The fraction of sp³-hybridized carbons (Fsp3) is 0.190. The number of anilines is 1. The lowest BCUT2D eigenvalue weighted by molar-refractivity contribution is -0.116. The summed E-state index contributed by atoms with van der Waals surface area (Å²) in [6, 6.07) is 13.8. The number of rotatable bonds is 5. The van der Waals surface area contributed by atoms with E-state index in [4.69, 9.17) is 14.2 Å². The summed E-state index contributed by atoms with van der Waals surface area (Å²) in [5.41, 5.74) is 1.56. The van der Waals surface area contributed by atoms with Gasteiger partial charge in [-0.1, -0.05) is 0 Å². The summed E-state index contributed by atoms with van der Waals surface area (Å²) < 4.78 is 17.3. The van der Waals surface area contributed by atoms with Crippen LogP contribution in [0.3, 0.4) is 0 Å². The third kappa shape index (κ3) is 4.21. The number of nitrogens with zero attached hydrogens (tertiary/aromatic N) is 2. The summed E-state index contributed by atoms with van der Waals surface area (Å²) in [5.74, 6) is 1.60. The lowest BCUT2D eigenvalue weighted by Crippen LogP contribution is -2.27. The predicted octanol–water partition coefficient (Wildman–Crippen LogP) is 2.33. The first-order chi connectivity index (χ1) is 14.1. The van der Waals surface area contributed by atoms with E-state index in [1.165, 1.54) is 17.0 Å². The summed E-state index contributed by atoms with van der Waals surface area (Å²) in [6.07, 6.45) is 1.37. The second-order valence-electron chi connectivity index (χ2n) is 6.38. The third-order valence-electron chi connectivity index (χ3n) is 4.41. The molecule has 0 bridgehead atoms. The second-order valence-corrected chi connectivity index (χ2v) is 6.38. The highest BCUT2D eigenvalue weighted by Crippen LogP contribution is 2.32. The first-order valence-corrected chi connectivity index (χ1v) is 9.03. The molecule has 8 nitrogen and oxygen atoms in total. The molecule has 1 aromatic heterocycles. The zero-order chi connectivity index (χ0) is 20.2. The fourth-order valence-electron chi connectivity index (χ4n) is 2.94. The highest BCUT2D eigenvalue weighted by atomic mass is 16.6. The van der Waals surface area contributed by atoms with Gasteiger partial charge in [-0.05, 0) is 36.4 Å². The molecule has 0 saturated heterocycles. The van der Waals surface area contributed by atoms with Crippen molar-refractivity contribution in [2.24, 2.45) is 0 Å². The number of ether oxygens (including phenoxy) is 3. The molecule has 1 aliphatic heterocycles. The molecule has 2 heterocycles. The molecule has 0 unspecified atom stereocenters. The van der Waals surface area contributed by atoms with Gasteiger partial charge in [-0.3, -0.25) is 14.2 Å². The van der Waals surface area contributed by atoms with E-state index in [1.54, 1.807) is 37.4 Å². The molecule has 2 aromatic carbocycles. The van der Waals surface area contributed by atoms with Gasteiger partial charge in [-0.15, -0.1) is 0 Å². The molecular formula is C21H19N3O5. The maximum atomic E-state index is 12.4. The lowest BCUT2D eigenvalue weighted by atomic mass is 10.1. The van der Waals surface area contributed by atoms with Crippen LogP contribution >= 0.6 is 0 Å². The molecule has 3 aromatic rings. The van der Waals surface area contributed by atoms with Crippen LogP contribution < -0.4 is 25.1 Å². The van der Waals surface area contributed by atoms with Crippen LogP contribution in [0, 0.1) is 0 Å². The van der Waals surface area contributed by atoms with Gasteiger partial charge in [0.25, 0.3) is 5.56 Å².